The van der Waals surface area contributed by atoms with Gasteiger partial charge in [-0.3, -0.25) is 0 Å². The minimum Gasteiger partial charge on any atom is -0.455 e. The highest BCUT2D eigenvalue weighted by Gasteiger charge is 2.07. The van der Waals surface area contributed by atoms with E-state index in [4.69, 9.17) is 4.74 Å². The van der Waals surface area contributed by atoms with Gasteiger partial charge in [-0.05, 0) is 30.2 Å². The summed E-state index contributed by atoms with van der Waals surface area (Å²) >= 11 is 0. The first-order valence-corrected chi connectivity index (χ1v) is 8.23. The van der Waals surface area contributed by atoms with Crippen molar-refractivity contribution in [2.24, 2.45) is 5.92 Å². The zero-order chi connectivity index (χ0) is 17.5. The molecule has 0 aliphatic rings. The van der Waals surface area contributed by atoms with Crippen LogP contribution in [-0.4, -0.2) is 21.7 Å². The number of hydrogen-bond donors (Lipinski definition) is 2. The highest BCUT2D eigenvalue weighted by Crippen LogP contribution is 2.30. The molecule has 6 nitrogen and oxygen atoms in total. The molecule has 0 amide bonds. The number of para-hydroxylation sites is 3. The van der Waals surface area contributed by atoms with E-state index in [2.05, 4.69) is 39.7 Å². The van der Waals surface area contributed by atoms with Crippen LogP contribution in [-0.2, 0) is 0 Å². The van der Waals surface area contributed by atoms with Gasteiger partial charge in [0.1, 0.15) is 5.75 Å². The lowest BCUT2D eigenvalue weighted by Crippen LogP contribution is -2.11. The van der Waals surface area contributed by atoms with Gasteiger partial charge in [0.05, 0.1) is 11.9 Å². The second-order valence-corrected chi connectivity index (χ2v) is 5.98. The van der Waals surface area contributed by atoms with Crippen LogP contribution in [0, 0.1) is 5.92 Å². The molecule has 0 aliphatic heterocycles. The van der Waals surface area contributed by atoms with Crippen LogP contribution in [0.1, 0.15) is 13.8 Å². The van der Waals surface area contributed by atoms with E-state index in [0.717, 1.165) is 18.0 Å². The van der Waals surface area contributed by atoms with Crippen LogP contribution in [0.15, 0.2) is 60.8 Å². The number of benzene rings is 2. The Labute approximate surface area is 147 Å². The lowest BCUT2D eigenvalue weighted by Gasteiger charge is -2.12. The fourth-order valence-electron chi connectivity index (χ4n) is 2.15. The van der Waals surface area contributed by atoms with Crippen molar-refractivity contribution in [2.75, 3.05) is 17.2 Å². The summed E-state index contributed by atoms with van der Waals surface area (Å²) in [6.45, 7) is 5.10. The monoisotopic (exact) mass is 335 g/mol. The zero-order valence-electron chi connectivity index (χ0n) is 14.3. The Kier molecular flexibility index (Phi) is 5.41. The highest BCUT2D eigenvalue weighted by atomic mass is 16.5. The molecule has 0 radical (unpaired) electrons. The number of nitrogens with one attached hydrogen (secondary N) is 2. The van der Waals surface area contributed by atoms with Crippen LogP contribution in [0.5, 0.6) is 11.5 Å². The van der Waals surface area contributed by atoms with Crippen molar-refractivity contribution in [3.8, 4) is 11.5 Å². The number of rotatable bonds is 7. The molecule has 6 heteroatoms. The second kappa shape index (κ2) is 8.10. The van der Waals surface area contributed by atoms with Crippen molar-refractivity contribution in [1.82, 2.24) is 15.2 Å². The summed E-state index contributed by atoms with van der Waals surface area (Å²) in [5.41, 5.74) is 0.772. The first-order chi connectivity index (χ1) is 12.2. The lowest BCUT2D eigenvalue weighted by atomic mass is 10.2. The van der Waals surface area contributed by atoms with Crippen molar-refractivity contribution in [3.63, 3.8) is 0 Å². The maximum absolute atomic E-state index is 5.94. The Hall–Kier alpha value is -3.15. The van der Waals surface area contributed by atoms with Gasteiger partial charge in [-0.2, -0.15) is 10.1 Å². The second-order valence-electron chi connectivity index (χ2n) is 5.98. The molecule has 2 N–H and O–H groups in total. The molecule has 25 heavy (non-hydrogen) atoms. The van der Waals surface area contributed by atoms with Crippen LogP contribution in [0.25, 0.3) is 0 Å². The van der Waals surface area contributed by atoms with Gasteiger partial charge in [-0.25, -0.2) is 0 Å². The van der Waals surface area contributed by atoms with Crippen LogP contribution in [0.3, 0.4) is 0 Å². The minimum atomic E-state index is 0.415. The predicted octanol–water partition coefficient (Wildman–Crippen LogP) is 4.48. The Morgan fingerprint density at radius 3 is 2.56 bits per heavy atom. The Morgan fingerprint density at radius 1 is 1.00 bits per heavy atom. The molecule has 3 aromatic rings. The molecule has 1 aromatic heterocycles. The lowest BCUT2D eigenvalue weighted by molar-refractivity contribution is 0.485. The summed E-state index contributed by atoms with van der Waals surface area (Å²) in [7, 11) is 0. The Morgan fingerprint density at radius 2 is 1.76 bits per heavy atom. The molecule has 0 saturated carbocycles. The standard InChI is InChI=1S/C19H21N5O/c1-14(2)12-20-18-13-21-24-19(23-18)22-16-10-6-7-11-17(16)25-15-8-4-3-5-9-15/h3-11,13-14H,12H2,1-2H3,(H2,20,22,23,24). The van der Waals surface area contributed by atoms with E-state index in [9.17, 15) is 0 Å². The van der Waals surface area contributed by atoms with Gasteiger partial charge in [0.25, 0.3) is 0 Å². The molecular formula is C19H21N5O. The fraction of sp³-hybridized carbons (Fsp3) is 0.211. The summed E-state index contributed by atoms with van der Waals surface area (Å²) in [5.74, 6) is 3.08. The van der Waals surface area contributed by atoms with Crippen LogP contribution in [0.4, 0.5) is 17.5 Å². The van der Waals surface area contributed by atoms with Crippen molar-refractivity contribution in [2.45, 2.75) is 13.8 Å². The van der Waals surface area contributed by atoms with E-state index < -0.39 is 0 Å². The van der Waals surface area contributed by atoms with Crippen LogP contribution < -0.4 is 15.4 Å². The third-order valence-electron chi connectivity index (χ3n) is 3.35. The van der Waals surface area contributed by atoms with Gasteiger partial charge in [0.15, 0.2) is 11.6 Å². The van der Waals surface area contributed by atoms with Crippen LogP contribution >= 0.6 is 0 Å². The first-order valence-electron chi connectivity index (χ1n) is 8.23. The molecule has 1 heterocycles. The van der Waals surface area contributed by atoms with E-state index in [1.807, 2.05) is 54.6 Å². The average molecular weight is 335 g/mol. The quantitative estimate of drug-likeness (QED) is 0.663. The fourth-order valence-corrected chi connectivity index (χ4v) is 2.15. The molecule has 0 fully saturated rings. The summed E-state index contributed by atoms with van der Waals surface area (Å²) in [6.07, 6.45) is 1.61. The van der Waals surface area contributed by atoms with Gasteiger partial charge in [0, 0.05) is 6.54 Å². The van der Waals surface area contributed by atoms with E-state index in [-0.39, 0.29) is 0 Å². The van der Waals surface area contributed by atoms with E-state index in [0.29, 0.717) is 23.4 Å². The topological polar surface area (TPSA) is 72.0 Å². The number of aromatic nitrogens is 3. The third kappa shape index (κ3) is 4.91. The van der Waals surface area contributed by atoms with Crippen molar-refractivity contribution in [3.05, 3.63) is 60.8 Å². The van der Waals surface area contributed by atoms with Gasteiger partial charge in [-0.1, -0.05) is 44.2 Å². The maximum Gasteiger partial charge on any atom is 0.249 e. The van der Waals surface area contributed by atoms with Gasteiger partial charge in [-0.15, -0.1) is 5.10 Å². The molecule has 0 saturated heterocycles. The Bertz CT molecular complexity index is 808. The molecule has 128 valence electrons. The molecule has 0 spiro atoms. The summed E-state index contributed by atoms with van der Waals surface area (Å²) < 4.78 is 5.94. The number of hydrogen-bond acceptors (Lipinski definition) is 6. The number of anilines is 3. The third-order valence-corrected chi connectivity index (χ3v) is 3.35. The van der Waals surface area contributed by atoms with E-state index >= 15 is 0 Å². The molecule has 0 aliphatic carbocycles. The van der Waals surface area contributed by atoms with E-state index in [1.165, 1.54) is 0 Å². The molecule has 0 bridgehead atoms. The summed E-state index contributed by atoms with van der Waals surface area (Å²) in [6, 6.07) is 17.3. The molecule has 0 atom stereocenters. The SMILES string of the molecule is CC(C)CNc1cnnc(Nc2ccccc2Oc2ccccc2)n1. The molecular weight excluding hydrogens is 314 g/mol. The first kappa shape index (κ1) is 16.7. The van der Waals surface area contributed by atoms with Crippen molar-refractivity contribution in [1.29, 1.82) is 0 Å². The number of nitrogens with zero attached hydrogens (tertiary/aromatic N) is 3. The predicted molar refractivity (Wildman–Crippen MR) is 99.4 cm³/mol. The van der Waals surface area contributed by atoms with Gasteiger partial charge in [0.2, 0.25) is 5.95 Å². The normalized spacial score (nSPS) is 10.5. The number of ether oxygens (including phenoxy) is 1. The van der Waals surface area contributed by atoms with Crippen molar-refractivity contribution < 1.29 is 4.74 Å². The molecule has 2 aromatic carbocycles. The van der Waals surface area contributed by atoms with Gasteiger partial charge >= 0.3 is 0 Å². The van der Waals surface area contributed by atoms with Crippen LogP contribution in [0.2, 0.25) is 0 Å². The zero-order valence-corrected chi connectivity index (χ0v) is 14.3. The minimum absolute atomic E-state index is 0.415. The Balaban J connectivity index is 1.76. The van der Waals surface area contributed by atoms with Gasteiger partial charge < -0.3 is 15.4 Å². The molecule has 0 unspecified atom stereocenters. The molecule has 3 rings (SSSR count). The highest BCUT2D eigenvalue weighted by molar-refractivity contribution is 5.63. The summed E-state index contributed by atoms with van der Waals surface area (Å²) in [5, 5.41) is 14.4. The van der Waals surface area contributed by atoms with Crippen molar-refractivity contribution >= 4 is 17.5 Å². The smallest absolute Gasteiger partial charge is 0.249 e. The largest absolute Gasteiger partial charge is 0.455 e. The average Bonchev–Trinajstić information content (AvgIpc) is 2.63. The summed E-state index contributed by atoms with van der Waals surface area (Å²) in [4.78, 5) is 4.44. The maximum atomic E-state index is 5.94. The van der Waals surface area contributed by atoms with E-state index in [1.54, 1.807) is 6.20 Å².